The minimum absolute atomic E-state index is 0.205. The van der Waals surface area contributed by atoms with Crippen molar-refractivity contribution >= 4 is 11.8 Å². The zero-order valence-electron chi connectivity index (χ0n) is 19.0. The van der Waals surface area contributed by atoms with Crippen LogP contribution < -0.4 is 20.3 Å². The molecule has 0 bridgehead atoms. The second kappa shape index (κ2) is 12.3. The standard InChI is InChI=1S/C27H30N2O4/c1-3-20(2)22-13-7-9-15-24(22)33-19-26(30)28-29-27(31)23-14-8-10-16-25(23)32-18-17-21-11-5-4-6-12-21/h4-16,20H,3,17-19H2,1-2H3,(H,28,30)(H,29,31). The van der Waals surface area contributed by atoms with Crippen molar-refractivity contribution in [1.82, 2.24) is 10.9 Å². The fourth-order valence-electron chi connectivity index (χ4n) is 3.32. The number of ether oxygens (including phenoxy) is 2. The number of hydrazine groups is 1. The van der Waals surface area contributed by atoms with Crippen LogP contribution in [0.1, 0.15) is 47.7 Å². The van der Waals surface area contributed by atoms with Crippen molar-refractivity contribution in [3.63, 3.8) is 0 Å². The van der Waals surface area contributed by atoms with Gasteiger partial charge >= 0.3 is 0 Å². The topological polar surface area (TPSA) is 76.7 Å². The number of nitrogens with one attached hydrogen (secondary N) is 2. The molecule has 0 heterocycles. The van der Waals surface area contributed by atoms with Gasteiger partial charge in [-0.05, 0) is 41.7 Å². The van der Waals surface area contributed by atoms with Crippen molar-refractivity contribution in [3.05, 3.63) is 95.6 Å². The second-order valence-corrected chi connectivity index (χ2v) is 7.72. The summed E-state index contributed by atoms with van der Waals surface area (Å²) in [5.74, 6) is 0.537. The first kappa shape index (κ1) is 23.9. The van der Waals surface area contributed by atoms with Gasteiger partial charge in [0.25, 0.3) is 11.8 Å². The molecule has 6 nitrogen and oxygen atoms in total. The normalized spacial score (nSPS) is 11.3. The molecule has 0 aromatic heterocycles. The lowest BCUT2D eigenvalue weighted by atomic mass is 9.98. The lowest BCUT2D eigenvalue weighted by molar-refractivity contribution is -0.123. The van der Waals surface area contributed by atoms with E-state index in [9.17, 15) is 9.59 Å². The average molecular weight is 447 g/mol. The van der Waals surface area contributed by atoms with E-state index in [2.05, 4.69) is 24.7 Å². The van der Waals surface area contributed by atoms with Crippen molar-refractivity contribution < 1.29 is 19.1 Å². The Kier molecular flexibility index (Phi) is 8.88. The Balaban J connectivity index is 1.50. The third kappa shape index (κ3) is 7.10. The number of rotatable bonds is 10. The number of amides is 2. The van der Waals surface area contributed by atoms with Crippen molar-refractivity contribution in [2.24, 2.45) is 0 Å². The van der Waals surface area contributed by atoms with E-state index in [4.69, 9.17) is 9.47 Å². The maximum Gasteiger partial charge on any atom is 0.276 e. The molecule has 0 aliphatic carbocycles. The van der Waals surface area contributed by atoms with Gasteiger partial charge in [0.05, 0.1) is 12.2 Å². The van der Waals surface area contributed by atoms with Crippen LogP contribution in [-0.2, 0) is 11.2 Å². The summed E-state index contributed by atoms with van der Waals surface area (Å²) in [6, 6.07) is 24.6. The first-order valence-electron chi connectivity index (χ1n) is 11.1. The fourth-order valence-corrected chi connectivity index (χ4v) is 3.32. The van der Waals surface area contributed by atoms with Crippen LogP contribution in [-0.4, -0.2) is 25.0 Å². The Hall–Kier alpha value is -3.80. The van der Waals surface area contributed by atoms with Gasteiger partial charge in [0.2, 0.25) is 0 Å². The molecule has 0 spiro atoms. The first-order valence-corrected chi connectivity index (χ1v) is 11.1. The summed E-state index contributed by atoms with van der Waals surface area (Å²) in [5.41, 5.74) is 7.39. The molecule has 0 radical (unpaired) electrons. The lowest BCUT2D eigenvalue weighted by Crippen LogP contribution is -2.44. The van der Waals surface area contributed by atoms with Crippen LogP contribution >= 0.6 is 0 Å². The summed E-state index contributed by atoms with van der Waals surface area (Å²) in [7, 11) is 0. The highest BCUT2D eigenvalue weighted by Crippen LogP contribution is 2.28. The van der Waals surface area contributed by atoms with E-state index in [1.54, 1.807) is 24.3 Å². The molecular weight excluding hydrogens is 416 g/mol. The van der Waals surface area contributed by atoms with Gasteiger partial charge in [0.1, 0.15) is 11.5 Å². The fraction of sp³-hybridized carbons (Fsp3) is 0.259. The summed E-state index contributed by atoms with van der Waals surface area (Å²) in [6.07, 6.45) is 1.69. The zero-order valence-corrected chi connectivity index (χ0v) is 19.0. The van der Waals surface area contributed by atoms with E-state index >= 15 is 0 Å². The predicted molar refractivity (Wildman–Crippen MR) is 128 cm³/mol. The second-order valence-electron chi connectivity index (χ2n) is 7.72. The Labute approximate surface area is 194 Å². The number of carbonyl (C=O) groups is 2. The van der Waals surface area contributed by atoms with Crippen molar-refractivity contribution in [2.45, 2.75) is 32.6 Å². The molecule has 0 aliphatic heterocycles. The Morgan fingerprint density at radius 2 is 1.48 bits per heavy atom. The molecule has 172 valence electrons. The maximum absolute atomic E-state index is 12.6. The van der Waals surface area contributed by atoms with E-state index in [1.807, 2.05) is 54.6 Å². The molecule has 2 N–H and O–H groups in total. The molecule has 3 aromatic carbocycles. The van der Waals surface area contributed by atoms with Crippen LogP contribution in [0.5, 0.6) is 11.5 Å². The minimum atomic E-state index is -0.460. The molecule has 3 rings (SSSR count). The molecule has 1 unspecified atom stereocenters. The number of para-hydroxylation sites is 2. The summed E-state index contributed by atoms with van der Waals surface area (Å²) >= 11 is 0. The van der Waals surface area contributed by atoms with Gasteiger partial charge in [0.15, 0.2) is 6.61 Å². The molecule has 0 fully saturated rings. The number of hydrogen-bond acceptors (Lipinski definition) is 4. The Morgan fingerprint density at radius 1 is 0.818 bits per heavy atom. The Bertz CT molecular complexity index is 1050. The van der Waals surface area contributed by atoms with E-state index in [-0.39, 0.29) is 6.61 Å². The quantitative estimate of drug-likeness (QED) is 0.444. The molecule has 33 heavy (non-hydrogen) atoms. The smallest absolute Gasteiger partial charge is 0.276 e. The van der Waals surface area contributed by atoms with E-state index < -0.39 is 11.8 Å². The SMILES string of the molecule is CCC(C)c1ccccc1OCC(=O)NNC(=O)c1ccccc1OCCc1ccccc1. The number of benzene rings is 3. The van der Waals surface area contributed by atoms with Gasteiger partial charge < -0.3 is 9.47 Å². The highest BCUT2D eigenvalue weighted by molar-refractivity contribution is 5.97. The molecule has 1 atom stereocenters. The molecule has 3 aromatic rings. The van der Waals surface area contributed by atoms with Gasteiger partial charge in [-0.2, -0.15) is 0 Å². The van der Waals surface area contributed by atoms with Crippen molar-refractivity contribution in [3.8, 4) is 11.5 Å². The third-order valence-corrected chi connectivity index (χ3v) is 5.36. The zero-order chi connectivity index (χ0) is 23.5. The number of hydrogen-bond donors (Lipinski definition) is 2. The van der Waals surface area contributed by atoms with Crippen LogP contribution in [0.4, 0.5) is 0 Å². The van der Waals surface area contributed by atoms with Crippen molar-refractivity contribution in [1.29, 1.82) is 0 Å². The molecule has 0 saturated carbocycles. The monoisotopic (exact) mass is 446 g/mol. The third-order valence-electron chi connectivity index (χ3n) is 5.36. The summed E-state index contributed by atoms with van der Waals surface area (Å²) in [6.45, 7) is 4.45. The molecule has 0 aliphatic rings. The van der Waals surface area contributed by atoms with Gasteiger partial charge in [-0.25, -0.2) is 0 Å². The summed E-state index contributed by atoms with van der Waals surface area (Å²) in [4.78, 5) is 24.8. The van der Waals surface area contributed by atoms with Crippen LogP contribution in [0.3, 0.4) is 0 Å². The van der Waals surface area contributed by atoms with Gasteiger partial charge in [-0.1, -0.05) is 74.5 Å². The maximum atomic E-state index is 12.6. The highest BCUT2D eigenvalue weighted by atomic mass is 16.5. The largest absolute Gasteiger partial charge is 0.492 e. The minimum Gasteiger partial charge on any atom is -0.492 e. The van der Waals surface area contributed by atoms with Crippen LogP contribution in [0.25, 0.3) is 0 Å². The van der Waals surface area contributed by atoms with E-state index in [0.29, 0.717) is 29.6 Å². The molecule has 0 saturated heterocycles. The van der Waals surface area contributed by atoms with Gasteiger partial charge in [-0.15, -0.1) is 0 Å². The number of carbonyl (C=O) groups excluding carboxylic acids is 2. The Morgan fingerprint density at radius 3 is 2.24 bits per heavy atom. The molecular formula is C27H30N2O4. The van der Waals surface area contributed by atoms with Gasteiger partial charge in [0, 0.05) is 6.42 Å². The lowest BCUT2D eigenvalue weighted by Gasteiger charge is -2.16. The average Bonchev–Trinajstić information content (AvgIpc) is 2.86. The van der Waals surface area contributed by atoms with Gasteiger partial charge in [-0.3, -0.25) is 20.4 Å². The first-order chi connectivity index (χ1) is 16.1. The predicted octanol–water partition coefficient (Wildman–Crippen LogP) is 4.66. The summed E-state index contributed by atoms with van der Waals surface area (Å²) in [5, 5.41) is 0. The van der Waals surface area contributed by atoms with E-state index in [1.165, 1.54) is 0 Å². The van der Waals surface area contributed by atoms with Crippen molar-refractivity contribution in [2.75, 3.05) is 13.2 Å². The molecule has 2 amide bonds. The van der Waals surface area contributed by atoms with Crippen LogP contribution in [0.15, 0.2) is 78.9 Å². The highest BCUT2D eigenvalue weighted by Gasteiger charge is 2.14. The summed E-state index contributed by atoms with van der Waals surface area (Å²) < 4.78 is 11.5. The van der Waals surface area contributed by atoms with E-state index in [0.717, 1.165) is 24.0 Å². The van der Waals surface area contributed by atoms with Crippen LogP contribution in [0.2, 0.25) is 0 Å². The molecule has 6 heteroatoms. The van der Waals surface area contributed by atoms with Crippen LogP contribution in [0, 0.1) is 0 Å².